The minimum atomic E-state index is 0.0725. The number of rotatable bonds is 4. The van der Waals surface area contributed by atoms with Crippen LogP contribution in [0.2, 0.25) is 0 Å². The van der Waals surface area contributed by atoms with Crippen molar-refractivity contribution in [3.8, 4) is 0 Å². The van der Waals surface area contributed by atoms with Gasteiger partial charge < -0.3 is 10.1 Å². The second-order valence-electron chi connectivity index (χ2n) is 5.80. The third-order valence-electron chi connectivity index (χ3n) is 4.37. The first-order valence-corrected chi connectivity index (χ1v) is 7.59. The van der Waals surface area contributed by atoms with Crippen LogP contribution in [0.3, 0.4) is 0 Å². The maximum absolute atomic E-state index is 11.5. The van der Waals surface area contributed by atoms with Crippen molar-refractivity contribution in [2.45, 2.75) is 18.7 Å². The molecule has 0 aliphatic carbocycles. The van der Waals surface area contributed by atoms with E-state index in [0.29, 0.717) is 12.6 Å². The van der Waals surface area contributed by atoms with Crippen molar-refractivity contribution in [3.05, 3.63) is 35.9 Å². The first-order valence-electron chi connectivity index (χ1n) is 7.59. The van der Waals surface area contributed by atoms with Gasteiger partial charge in [0, 0.05) is 33.2 Å². The summed E-state index contributed by atoms with van der Waals surface area (Å²) in [6.07, 6.45) is 0.229. The standard InChI is InChI=1S/C16H23N3O2/c1-17-16(20)12-18-10-14-15(11-18)21-8-7-19(14)9-13-5-3-2-4-6-13/h2-6,14-15H,7-12H2,1H3,(H,17,20). The summed E-state index contributed by atoms with van der Waals surface area (Å²) < 4.78 is 5.90. The van der Waals surface area contributed by atoms with E-state index in [2.05, 4.69) is 39.4 Å². The Balaban J connectivity index is 1.63. The summed E-state index contributed by atoms with van der Waals surface area (Å²) in [6, 6.07) is 10.9. The first-order chi connectivity index (χ1) is 10.3. The number of fused-ring (bicyclic) bond motifs is 1. The predicted octanol–water partition coefficient (Wildman–Crippen LogP) is 0.318. The maximum atomic E-state index is 11.5. The Hall–Kier alpha value is -1.43. The van der Waals surface area contributed by atoms with Crippen molar-refractivity contribution in [2.24, 2.45) is 0 Å². The molecule has 5 nitrogen and oxygen atoms in total. The number of likely N-dealkylation sites (N-methyl/N-ethyl adjacent to an activating group) is 1. The topological polar surface area (TPSA) is 44.8 Å². The molecule has 0 bridgehead atoms. The van der Waals surface area contributed by atoms with Gasteiger partial charge in [0.25, 0.3) is 0 Å². The van der Waals surface area contributed by atoms with Crippen molar-refractivity contribution >= 4 is 5.91 Å². The number of amides is 1. The monoisotopic (exact) mass is 289 g/mol. The second kappa shape index (κ2) is 6.56. The number of nitrogens with one attached hydrogen (secondary N) is 1. The number of nitrogens with zero attached hydrogens (tertiary/aromatic N) is 2. The number of benzene rings is 1. The van der Waals surface area contributed by atoms with Crippen LogP contribution < -0.4 is 5.32 Å². The maximum Gasteiger partial charge on any atom is 0.233 e. The number of ether oxygens (including phenoxy) is 1. The Morgan fingerprint density at radius 1 is 1.33 bits per heavy atom. The molecule has 1 amide bonds. The lowest BCUT2D eigenvalue weighted by molar-refractivity contribution is -0.121. The molecule has 2 unspecified atom stereocenters. The van der Waals surface area contributed by atoms with Crippen LogP contribution in [0.1, 0.15) is 5.56 Å². The van der Waals surface area contributed by atoms with Crippen molar-refractivity contribution in [3.63, 3.8) is 0 Å². The first kappa shape index (κ1) is 14.5. The summed E-state index contributed by atoms with van der Waals surface area (Å²) in [4.78, 5) is 16.2. The van der Waals surface area contributed by atoms with Gasteiger partial charge in [-0.2, -0.15) is 0 Å². The fourth-order valence-corrected chi connectivity index (χ4v) is 3.26. The summed E-state index contributed by atoms with van der Waals surface area (Å²) >= 11 is 0. The zero-order valence-electron chi connectivity index (χ0n) is 12.5. The number of hydrogen-bond acceptors (Lipinski definition) is 4. The molecule has 1 aromatic carbocycles. The van der Waals surface area contributed by atoms with Crippen molar-refractivity contribution in [1.29, 1.82) is 0 Å². The molecule has 3 rings (SSSR count). The number of hydrogen-bond donors (Lipinski definition) is 1. The predicted molar refractivity (Wildman–Crippen MR) is 80.9 cm³/mol. The fourth-order valence-electron chi connectivity index (χ4n) is 3.26. The number of morpholine rings is 1. The molecule has 2 heterocycles. The molecular formula is C16H23N3O2. The third-order valence-corrected chi connectivity index (χ3v) is 4.37. The van der Waals surface area contributed by atoms with Crippen molar-refractivity contribution in [2.75, 3.05) is 39.8 Å². The zero-order chi connectivity index (χ0) is 14.7. The molecule has 114 valence electrons. The molecule has 2 aliphatic heterocycles. The van der Waals surface area contributed by atoms with Crippen LogP contribution in [-0.2, 0) is 16.1 Å². The van der Waals surface area contributed by atoms with Crippen LogP contribution in [0.5, 0.6) is 0 Å². The molecule has 2 saturated heterocycles. The molecule has 2 atom stereocenters. The lowest BCUT2D eigenvalue weighted by atomic mass is 10.1. The Labute approximate surface area is 125 Å². The van der Waals surface area contributed by atoms with E-state index in [9.17, 15) is 4.79 Å². The molecule has 5 heteroatoms. The Morgan fingerprint density at radius 3 is 2.90 bits per heavy atom. The molecule has 0 radical (unpaired) electrons. The molecule has 2 aliphatic rings. The van der Waals surface area contributed by atoms with Crippen molar-refractivity contribution in [1.82, 2.24) is 15.1 Å². The summed E-state index contributed by atoms with van der Waals surface area (Å²) in [7, 11) is 1.68. The molecular weight excluding hydrogens is 266 g/mol. The van der Waals surface area contributed by atoms with E-state index in [1.807, 2.05) is 6.07 Å². The lowest BCUT2D eigenvalue weighted by Crippen LogP contribution is -2.50. The van der Waals surface area contributed by atoms with E-state index in [1.165, 1.54) is 5.56 Å². The van der Waals surface area contributed by atoms with Crippen LogP contribution in [0.15, 0.2) is 30.3 Å². The normalized spacial score (nSPS) is 26.5. The third kappa shape index (κ3) is 3.43. The average molecular weight is 289 g/mol. The molecule has 1 N–H and O–H groups in total. The smallest absolute Gasteiger partial charge is 0.233 e. The average Bonchev–Trinajstić information content (AvgIpc) is 2.91. The molecule has 2 fully saturated rings. The number of carbonyl (C=O) groups excluding carboxylic acids is 1. The summed E-state index contributed by atoms with van der Waals surface area (Å²) in [5.74, 6) is 0.0725. The minimum absolute atomic E-state index is 0.0725. The Bertz CT molecular complexity index is 480. The van der Waals surface area contributed by atoms with Crippen LogP contribution in [0.4, 0.5) is 0 Å². The highest BCUT2D eigenvalue weighted by Gasteiger charge is 2.40. The summed E-state index contributed by atoms with van der Waals surface area (Å²) in [5.41, 5.74) is 1.34. The van der Waals surface area contributed by atoms with Gasteiger partial charge in [-0.3, -0.25) is 14.6 Å². The minimum Gasteiger partial charge on any atom is -0.374 e. The van der Waals surface area contributed by atoms with Crippen LogP contribution in [0, 0.1) is 0 Å². The van der Waals surface area contributed by atoms with Gasteiger partial charge in [-0.05, 0) is 5.56 Å². The van der Waals surface area contributed by atoms with Gasteiger partial charge in [0.2, 0.25) is 5.91 Å². The van der Waals surface area contributed by atoms with Crippen molar-refractivity contribution < 1.29 is 9.53 Å². The van der Waals surface area contributed by atoms with E-state index in [4.69, 9.17) is 4.74 Å². The zero-order valence-corrected chi connectivity index (χ0v) is 12.5. The van der Waals surface area contributed by atoms with Crippen LogP contribution in [0.25, 0.3) is 0 Å². The summed E-state index contributed by atoms with van der Waals surface area (Å²) in [6.45, 7) is 4.92. The number of likely N-dealkylation sites (tertiary alicyclic amines) is 1. The fraction of sp³-hybridized carbons (Fsp3) is 0.562. The SMILES string of the molecule is CNC(=O)CN1CC2OCCN(Cc3ccccc3)C2C1. The van der Waals surface area contributed by atoms with Crippen LogP contribution in [-0.4, -0.2) is 67.7 Å². The lowest BCUT2D eigenvalue weighted by Gasteiger charge is -2.37. The van der Waals surface area contributed by atoms with Gasteiger partial charge in [-0.1, -0.05) is 30.3 Å². The van der Waals surface area contributed by atoms with Gasteiger partial charge in [-0.15, -0.1) is 0 Å². The van der Waals surface area contributed by atoms with Gasteiger partial charge >= 0.3 is 0 Å². The van der Waals surface area contributed by atoms with E-state index < -0.39 is 0 Å². The van der Waals surface area contributed by atoms with Gasteiger partial charge in [0.05, 0.1) is 25.3 Å². The molecule has 0 saturated carbocycles. The summed E-state index contributed by atoms with van der Waals surface area (Å²) in [5, 5.41) is 2.69. The quantitative estimate of drug-likeness (QED) is 0.867. The Morgan fingerprint density at radius 2 is 2.14 bits per heavy atom. The van der Waals surface area contributed by atoms with E-state index in [-0.39, 0.29) is 12.0 Å². The second-order valence-corrected chi connectivity index (χ2v) is 5.80. The highest BCUT2D eigenvalue weighted by molar-refractivity contribution is 5.77. The van der Waals surface area contributed by atoms with E-state index >= 15 is 0 Å². The highest BCUT2D eigenvalue weighted by Crippen LogP contribution is 2.24. The van der Waals surface area contributed by atoms with Gasteiger partial charge in [-0.25, -0.2) is 0 Å². The van der Waals surface area contributed by atoms with E-state index in [1.54, 1.807) is 7.05 Å². The van der Waals surface area contributed by atoms with E-state index in [0.717, 1.165) is 32.8 Å². The largest absolute Gasteiger partial charge is 0.374 e. The van der Waals surface area contributed by atoms with Gasteiger partial charge in [0.1, 0.15) is 0 Å². The van der Waals surface area contributed by atoms with Gasteiger partial charge in [0.15, 0.2) is 0 Å². The molecule has 0 aromatic heterocycles. The molecule has 1 aromatic rings. The Kier molecular flexibility index (Phi) is 4.53. The molecule has 21 heavy (non-hydrogen) atoms. The van der Waals surface area contributed by atoms with Crippen LogP contribution >= 0.6 is 0 Å². The highest BCUT2D eigenvalue weighted by atomic mass is 16.5. The molecule has 0 spiro atoms. The number of carbonyl (C=O) groups is 1.